The molecule has 0 unspecified atom stereocenters. The van der Waals surface area contributed by atoms with E-state index in [-0.39, 0.29) is 29.6 Å². The van der Waals surface area contributed by atoms with Crippen molar-refractivity contribution in [1.29, 1.82) is 0 Å². The molecule has 0 radical (unpaired) electrons. The summed E-state index contributed by atoms with van der Waals surface area (Å²) in [4.78, 5) is 25.1. The third kappa shape index (κ3) is 4.29. The fourth-order valence-corrected chi connectivity index (χ4v) is 2.45. The molecule has 0 aliphatic heterocycles. The maximum Gasteiger partial charge on any atom is 0.255 e. The first-order valence-corrected chi connectivity index (χ1v) is 7.54. The molecular weight excluding hydrogens is 338 g/mol. The summed E-state index contributed by atoms with van der Waals surface area (Å²) in [5, 5.41) is 2.50. The maximum absolute atomic E-state index is 13.7. The normalized spacial score (nSPS) is 10.3. The van der Waals surface area contributed by atoms with Crippen LogP contribution in [0.2, 0.25) is 5.02 Å². The van der Waals surface area contributed by atoms with E-state index in [4.69, 9.17) is 11.6 Å². The molecule has 0 aliphatic carbocycles. The van der Waals surface area contributed by atoms with Crippen LogP contribution in [0.1, 0.15) is 17.3 Å². The summed E-state index contributed by atoms with van der Waals surface area (Å²) >= 11 is 5.82. The number of hydrogen-bond donors (Lipinski definition) is 1. The molecule has 0 saturated carbocycles. The van der Waals surface area contributed by atoms with Gasteiger partial charge in [0, 0.05) is 25.7 Å². The second-order valence-corrected chi connectivity index (χ2v) is 5.41. The molecule has 0 spiro atoms. The zero-order valence-corrected chi connectivity index (χ0v) is 13.6. The lowest BCUT2D eigenvalue weighted by molar-refractivity contribution is -0.116. The molecule has 7 heteroatoms. The Morgan fingerprint density at radius 3 is 2.50 bits per heavy atom. The van der Waals surface area contributed by atoms with Gasteiger partial charge in [-0.1, -0.05) is 23.7 Å². The summed E-state index contributed by atoms with van der Waals surface area (Å²) in [5.41, 5.74) is 0.125. The van der Waals surface area contributed by atoms with Crippen LogP contribution in [0.15, 0.2) is 42.5 Å². The zero-order chi connectivity index (χ0) is 17.7. The Kier molecular flexibility index (Phi) is 5.87. The van der Waals surface area contributed by atoms with Crippen molar-refractivity contribution in [2.45, 2.75) is 6.92 Å². The van der Waals surface area contributed by atoms with Crippen molar-refractivity contribution in [1.82, 2.24) is 5.32 Å². The molecule has 0 atom stereocenters. The summed E-state index contributed by atoms with van der Waals surface area (Å²) < 4.78 is 27.0. The number of amides is 2. The Morgan fingerprint density at radius 2 is 1.88 bits per heavy atom. The van der Waals surface area contributed by atoms with Gasteiger partial charge in [0.25, 0.3) is 5.91 Å². The number of nitrogens with zero attached hydrogens (tertiary/aromatic N) is 1. The topological polar surface area (TPSA) is 49.4 Å². The molecule has 0 fully saturated rings. The molecule has 4 nitrogen and oxygen atoms in total. The molecule has 0 aromatic heterocycles. The van der Waals surface area contributed by atoms with Crippen LogP contribution in [0.3, 0.4) is 0 Å². The number of carbonyl (C=O) groups excluding carboxylic acids is 2. The highest BCUT2D eigenvalue weighted by molar-refractivity contribution is 6.33. The predicted molar refractivity (Wildman–Crippen MR) is 88.2 cm³/mol. The van der Waals surface area contributed by atoms with E-state index in [0.29, 0.717) is 5.69 Å². The fraction of sp³-hybridized carbons (Fsp3) is 0.176. The summed E-state index contributed by atoms with van der Waals surface area (Å²) in [6.07, 6.45) is 0. The molecule has 2 rings (SSSR count). The molecule has 0 heterocycles. The van der Waals surface area contributed by atoms with Gasteiger partial charge in [-0.05, 0) is 30.3 Å². The third-order valence-electron chi connectivity index (χ3n) is 3.31. The van der Waals surface area contributed by atoms with Crippen LogP contribution < -0.4 is 10.2 Å². The predicted octanol–water partition coefficient (Wildman–Crippen LogP) is 3.40. The monoisotopic (exact) mass is 352 g/mol. The molecule has 24 heavy (non-hydrogen) atoms. The van der Waals surface area contributed by atoms with E-state index < -0.39 is 17.5 Å². The lowest BCUT2D eigenvalue weighted by atomic mass is 10.2. The molecule has 0 aliphatic rings. The Labute approximate surface area is 143 Å². The van der Waals surface area contributed by atoms with Crippen molar-refractivity contribution >= 4 is 29.1 Å². The van der Waals surface area contributed by atoms with Gasteiger partial charge in [-0.15, -0.1) is 0 Å². The standard InChI is InChI=1S/C17H15ClF2N2O2/c1-11(23)22(13-5-2-4-12(19)10-13)9-8-21-17(24)16-14(18)6-3-7-15(16)20/h2-7,10H,8-9H2,1H3,(H,21,24). The van der Waals surface area contributed by atoms with Gasteiger partial charge < -0.3 is 10.2 Å². The quantitative estimate of drug-likeness (QED) is 0.896. The summed E-state index contributed by atoms with van der Waals surface area (Å²) in [5.74, 6) is -2.19. The average Bonchev–Trinajstić information content (AvgIpc) is 2.51. The van der Waals surface area contributed by atoms with E-state index in [0.717, 1.165) is 6.07 Å². The fourth-order valence-electron chi connectivity index (χ4n) is 2.20. The highest BCUT2D eigenvalue weighted by atomic mass is 35.5. The van der Waals surface area contributed by atoms with Crippen LogP contribution in [0.4, 0.5) is 14.5 Å². The van der Waals surface area contributed by atoms with Crippen molar-refractivity contribution in [2.75, 3.05) is 18.0 Å². The van der Waals surface area contributed by atoms with Crippen molar-refractivity contribution < 1.29 is 18.4 Å². The van der Waals surface area contributed by atoms with E-state index >= 15 is 0 Å². The number of halogens is 3. The molecule has 2 aromatic carbocycles. The largest absolute Gasteiger partial charge is 0.350 e. The first kappa shape index (κ1) is 17.9. The molecular formula is C17H15ClF2N2O2. The maximum atomic E-state index is 13.7. The second-order valence-electron chi connectivity index (χ2n) is 5.00. The van der Waals surface area contributed by atoms with Crippen LogP contribution in [0.25, 0.3) is 0 Å². The van der Waals surface area contributed by atoms with E-state index in [1.165, 1.54) is 42.2 Å². The number of hydrogen-bond acceptors (Lipinski definition) is 2. The van der Waals surface area contributed by atoms with Gasteiger partial charge in [-0.3, -0.25) is 9.59 Å². The minimum Gasteiger partial charge on any atom is -0.350 e. The van der Waals surface area contributed by atoms with Crippen molar-refractivity contribution in [3.8, 4) is 0 Å². The highest BCUT2D eigenvalue weighted by Gasteiger charge is 2.17. The van der Waals surface area contributed by atoms with Gasteiger partial charge in [0.15, 0.2) is 0 Å². The van der Waals surface area contributed by atoms with Crippen LogP contribution in [0.5, 0.6) is 0 Å². The molecule has 2 amide bonds. The highest BCUT2D eigenvalue weighted by Crippen LogP contribution is 2.19. The van der Waals surface area contributed by atoms with Crippen molar-refractivity contribution in [3.05, 3.63) is 64.7 Å². The minimum atomic E-state index is -0.728. The number of benzene rings is 2. The minimum absolute atomic E-state index is 0.000976. The van der Waals surface area contributed by atoms with Crippen molar-refractivity contribution in [2.24, 2.45) is 0 Å². The number of rotatable bonds is 5. The lowest BCUT2D eigenvalue weighted by Gasteiger charge is -2.21. The van der Waals surface area contributed by atoms with Crippen LogP contribution in [0, 0.1) is 11.6 Å². The number of nitrogens with one attached hydrogen (secondary N) is 1. The van der Waals surface area contributed by atoms with Crippen LogP contribution >= 0.6 is 11.6 Å². The van der Waals surface area contributed by atoms with E-state index in [9.17, 15) is 18.4 Å². The van der Waals surface area contributed by atoms with Gasteiger partial charge in [0.2, 0.25) is 5.91 Å². The van der Waals surface area contributed by atoms with Gasteiger partial charge in [-0.2, -0.15) is 0 Å². The Balaban J connectivity index is 2.03. The number of carbonyl (C=O) groups is 2. The molecule has 2 aromatic rings. The first-order valence-electron chi connectivity index (χ1n) is 7.16. The van der Waals surface area contributed by atoms with Gasteiger partial charge >= 0.3 is 0 Å². The average molecular weight is 353 g/mol. The Hall–Kier alpha value is -2.47. The summed E-state index contributed by atoms with van der Waals surface area (Å²) in [6, 6.07) is 9.50. The van der Waals surface area contributed by atoms with E-state index in [1.807, 2.05) is 0 Å². The molecule has 126 valence electrons. The van der Waals surface area contributed by atoms with E-state index in [2.05, 4.69) is 5.32 Å². The Morgan fingerprint density at radius 1 is 1.17 bits per heavy atom. The first-order chi connectivity index (χ1) is 11.4. The van der Waals surface area contributed by atoms with Gasteiger partial charge in [0.1, 0.15) is 11.6 Å². The molecule has 0 saturated heterocycles. The second kappa shape index (κ2) is 7.88. The summed E-state index contributed by atoms with van der Waals surface area (Å²) in [7, 11) is 0. The smallest absolute Gasteiger partial charge is 0.255 e. The Bertz CT molecular complexity index is 748. The van der Waals surface area contributed by atoms with Crippen LogP contribution in [-0.2, 0) is 4.79 Å². The van der Waals surface area contributed by atoms with Gasteiger partial charge in [-0.25, -0.2) is 8.78 Å². The summed E-state index contributed by atoms with van der Waals surface area (Å²) in [6.45, 7) is 1.50. The van der Waals surface area contributed by atoms with Gasteiger partial charge in [0.05, 0.1) is 10.6 Å². The zero-order valence-electron chi connectivity index (χ0n) is 12.9. The number of anilines is 1. The SMILES string of the molecule is CC(=O)N(CCNC(=O)c1c(F)cccc1Cl)c1cccc(F)c1. The molecule has 0 bridgehead atoms. The van der Waals surface area contributed by atoms with E-state index in [1.54, 1.807) is 6.07 Å². The molecule has 1 N–H and O–H groups in total. The third-order valence-corrected chi connectivity index (χ3v) is 3.63. The van der Waals surface area contributed by atoms with Crippen LogP contribution in [-0.4, -0.2) is 24.9 Å². The lowest BCUT2D eigenvalue weighted by Crippen LogP contribution is -2.37. The van der Waals surface area contributed by atoms with Crippen molar-refractivity contribution in [3.63, 3.8) is 0 Å².